The molecule has 0 bridgehead atoms. The Morgan fingerprint density at radius 2 is 2.00 bits per heavy atom. The van der Waals surface area contributed by atoms with Crippen molar-refractivity contribution >= 4 is 6.03 Å². The summed E-state index contributed by atoms with van der Waals surface area (Å²) in [5.41, 5.74) is 5.69. The summed E-state index contributed by atoms with van der Waals surface area (Å²) in [5.74, 6) is 0.490. The molecule has 2 unspecified atom stereocenters. The Morgan fingerprint density at radius 3 is 2.50 bits per heavy atom. The van der Waals surface area contributed by atoms with Crippen LogP contribution in [0.1, 0.15) is 19.3 Å². The van der Waals surface area contributed by atoms with Gasteiger partial charge in [-0.2, -0.15) is 0 Å². The molecule has 4 heteroatoms. The molecular weight excluding hydrogens is 178 g/mol. The molecule has 4 nitrogen and oxygen atoms in total. The third-order valence-corrected chi connectivity index (χ3v) is 3.10. The lowest BCUT2D eigenvalue weighted by Gasteiger charge is -2.31. The lowest BCUT2D eigenvalue weighted by molar-refractivity contribution is 0.152. The summed E-state index contributed by atoms with van der Waals surface area (Å²) in [6.45, 7) is 0.690. The molecule has 0 aromatic heterocycles. The maximum absolute atomic E-state index is 11.7. The highest BCUT2D eigenvalue weighted by molar-refractivity contribution is 5.73. The highest BCUT2D eigenvalue weighted by Gasteiger charge is 2.32. The first-order valence-electron chi connectivity index (χ1n) is 5.22. The van der Waals surface area contributed by atoms with E-state index in [-0.39, 0.29) is 6.03 Å². The van der Waals surface area contributed by atoms with Crippen molar-refractivity contribution < 1.29 is 4.79 Å². The summed E-state index contributed by atoms with van der Waals surface area (Å²) in [7, 11) is 5.44. The number of carbonyl (C=O) groups excluding carboxylic acids is 1. The zero-order valence-electron chi connectivity index (χ0n) is 9.36. The molecular formula is C10H21N3O. The van der Waals surface area contributed by atoms with Gasteiger partial charge in [0.1, 0.15) is 0 Å². The normalized spacial score (nSPS) is 26.3. The van der Waals surface area contributed by atoms with Crippen molar-refractivity contribution in [3.8, 4) is 0 Å². The smallest absolute Gasteiger partial charge is 0.319 e. The molecule has 14 heavy (non-hydrogen) atoms. The van der Waals surface area contributed by atoms with E-state index in [9.17, 15) is 4.79 Å². The van der Waals surface area contributed by atoms with E-state index in [1.807, 2.05) is 11.9 Å². The fourth-order valence-corrected chi connectivity index (χ4v) is 2.26. The largest absolute Gasteiger partial charge is 0.331 e. The van der Waals surface area contributed by atoms with E-state index >= 15 is 0 Å². The molecule has 0 aromatic rings. The number of nitrogens with zero attached hydrogens (tertiary/aromatic N) is 2. The van der Waals surface area contributed by atoms with Crippen LogP contribution < -0.4 is 5.73 Å². The number of hydrogen-bond donors (Lipinski definition) is 1. The van der Waals surface area contributed by atoms with E-state index in [0.717, 1.165) is 12.8 Å². The van der Waals surface area contributed by atoms with Crippen molar-refractivity contribution in [3.05, 3.63) is 0 Å². The van der Waals surface area contributed by atoms with E-state index in [4.69, 9.17) is 5.73 Å². The molecule has 2 N–H and O–H groups in total. The number of urea groups is 1. The van der Waals surface area contributed by atoms with E-state index in [1.54, 1.807) is 19.0 Å². The van der Waals surface area contributed by atoms with Crippen molar-refractivity contribution in [2.45, 2.75) is 25.3 Å². The molecule has 2 amide bonds. The Morgan fingerprint density at radius 1 is 1.36 bits per heavy atom. The quantitative estimate of drug-likeness (QED) is 0.712. The van der Waals surface area contributed by atoms with Gasteiger partial charge in [0, 0.05) is 27.2 Å². The zero-order valence-corrected chi connectivity index (χ0v) is 9.36. The molecule has 1 aliphatic rings. The van der Waals surface area contributed by atoms with Gasteiger partial charge in [-0.3, -0.25) is 0 Å². The van der Waals surface area contributed by atoms with Crippen molar-refractivity contribution in [1.29, 1.82) is 0 Å². The topological polar surface area (TPSA) is 49.6 Å². The predicted molar refractivity (Wildman–Crippen MR) is 57.0 cm³/mol. The van der Waals surface area contributed by atoms with Gasteiger partial charge in [0.25, 0.3) is 0 Å². The van der Waals surface area contributed by atoms with Crippen LogP contribution in [0.3, 0.4) is 0 Å². The first kappa shape index (κ1) is 11.3. The van der Waals surface area contributed by atoms with Gasteiger partial charge in [-0.05, 0) is 25.3 Å². The van der Waals surface area contributed by atoms with Crippen molar-refractivity contribution in [3.63, 3.8) is 0 Å². The third-order valence-electron chi connectivity index (χ3n) is 3.10. The van der Waals surface area contributed by atoms with Crippen molar-refractivity contribution in [2.75, 3.05) is 27.7 Å². The average Bonchev–Trinajstić information content (AvgIpc) is 2.62. The van der Waals surface area contributed by atoms with Crippen molar-refractivity contribution in [1.82, 2.24) is 9.80 Å². The molecule has 1 fully saturated rings. The summed E-state index contributed by atoms with van der Waals surface area (Å²) in [4.78, 5) is 15.2. The van der Waals surface area contributed by atoms with Gasteiger partial charge in [0.05, 0.1) is 0 Å². The van der Waals surface area contributed by atoms with Gasteiger partial charge in [-0.15, -0.1) is 0 Å². The number of hydrogen-bond acceptors (Lipinski definition) is 2. The van der Waals surface area contributed by atoms with Crippen LogP contribution in [0.5, 0.6) is 0 Å². The van der Waals surface area contributed by atoms with Gasteiger partial charge < -0.3 is 15.5 Å². The molecule has 0 saturated heterocycles. The second-order valence-electron chi connectivity index (χ2n) is 4.28. The van der Waals surface area contributed by atoms with Gasteiger partial charge >= 0.3 is 6.03 Å². The predicted octanol–water partition coefficient (Wildman–Crippen LogP) is 0.727. The summed E-state index contributed by atoms with van der Waals surface area (Å²) < 4.78 is 0. The number of amides is 2. The first-order chi connectivity index (χ1) is 6.57. The number of nitrogens with two attached hydrogens (primary N) is 1. The molecule has 0 aromatic carbocycles. The van der Waals surface area contributed by atoms with E-state index in [0.29, 0.717) is 18.5 Å². The standard InChI is InChI=1S/C10H21N3O/c1-12(2)10(14)13(3)9-6-4-5-8(9)7-11/h8-9H,4-7,11H2,1-3H3. The van der Waals surface area contributed by atoms with Crippen LogP contribution in [0.25, 0.3) is 0 Å². The van der Waals surface area contributed by atoms with Crippen LogP contribution in [0.2, 0.25) is 0 Å². The number of carbonyl (C=O) groups is 1. The summed E-state index contributed by atoms with van der Waals surface area (Å²) in [5, 5.41) is 0. The van der Waals surface area contributed by atoms with E-state index in [2.05, 4.69) is 0 Å². The van der Waals surface area contributed by atoms with Gasteiger partial charge in [0.2, 0.25) is 0 Å². The molecule has 1 saturated carbocycles. The fraction of sp³-hybridized carbons (Fsp3) is 0.900. The maximum Gasteiger partial charge on any atom is 0.319 e. The minimum Gasteiger partial charge on any atom is -0.331 e. The molecule has 1 rings (SSSR count). The highest BCUT2D eigenvalue weighted by Crippen LogP contribution is 2.28. The Balaban J connectivity index is 2.59. The maximum atomic E-state index is 11.7. The van der Waals surface area contributed by atoms with Crippen LogP contribution >= 0.6 is 0 Å². The van der Waals surface area contributed by atoms with Crippen LogP contribution in [0.4, 0.5) is 4.79 Å². The molecule has 0 heterocycles. The van der Waals surface area contributed by atoms with Crippen LogP contribution in [0, 0.1) is 5.92 Å². The first-order valence-corrected chi connectivity index (χ1v) is 5.22. The minimum atomic E-state index is 0.0790. The second kappa shape index (κ2) is 4.64. The lowest BCUT2D eigenvalue weighted by Crippen LogP contribution is -2.45. The van der Waals surface area contributed by atoms with E-state index < -0.39 is 0 Å². The molecule has 0 radical (unpaired) electrons. The summed E-state index contributed by atoms with van der Waals surface area (Å²) >= 11 is 0. The Hall–Kier alpha value is -0.770. The lowest BCUT2D eigenvalue weighted by atomic mass is 10.0. The van der Waals surface area contributed by atoms with Crippen molar-refractivity contribution in [2.24, 2.45) is 11.7 Å². The Labute approximate surface area is 86.0 Å². The SMILES string of the molecule is CN(C)C(=O)N(C)C1CCCC1CN. The Bertz CT molecular complexity index is 206. The van der Waals surface area contributed by atoms with Crippen LogP contribution in [-0.4, -0.2) is 49.6 Å². The fourth-order valence-electron chi connectivity index (χ4n) is 2.26. The zero-order chi connectivity index (χ0) is 10.7. The minimum absolute atomic E-state index is 0.0790. The van der Waals surface area contributed by atoms with Gasteiger partial charge in [0.15, 0.2) is 0 Å². The molecule has 0 spiro atoms. The average molecular weight is 199 g/mol. The second-order valence-corrected chi connectivity index (χ2v) is 4.28. The van der Waals surface area contributed by atoms with Gasteiger partial charge in [-0.1, -0.05) is 6.42 Å². The molecule has 0 aliphatic heterocycles. The van der Waals surface area contributed by atoms with Gasteiger partial charge in [-0.25, -0.2) is 4.79 Å². The molecule has 82 valence electrons. The monoisotopic (exact) mass is 199 g/mol. The molecule has 1 aliphatic carbocycles. The van der Waals surface area contributed by atoms with Crippen LogP contribution in [-0.2, 0) is 0 Å². The number of rotatable bonds is 2. The summed E-state index contributed by atoms with van der Waals surface area (Å²) in [6, 6.07) is 0.422. The highest BCUT2D eigenvalue weighted by atomic mass is 16.2. The van der Waals surface area contributed by atoms with E-state index in [1.165, 1.54) is 6.42 Å². The summed E-state index contributed by atoms with van der Waals surface area (Å²) in [6.07, 6.45) is 3.45. The van der Waals surface area contributed by atoms with Crippen LogP contribution in [0.15, 0.2) is 0 Å². The third kappa shape index (κ3) is 2.18. The molecule has 2 atom stereocenters. The Kier molecular flexibility index (Phi) is 3.75.